The summed E-state index contributed by atoms with van der Waals surface area (Å²) in [5, 5.41) is 1.03. The van der Waals surface area contributed by atoms with Gasteiger partial charge in [0.25, 0.3) is 0 Å². The van der Waals surface area contributed by atoms with E-state index < -0.39 is 0 Å². The van der Waals surface area contributed by atoms with E-state index >= 15 is 0 Å². The lowest BCUT2D eigenvalue weighted by Crippen LogP contribution is -1.96. The van der Waals surface area contributed by atoms with Crippen molar-refractivity contribution >= 4 is 10.9 Å². The van der Waals surface area contributed by atoms with Crippen LogP contribution in [0.25, 0.3) is 78.2 Å². The molecule has 0 aliphatic carbocycles. The average molecular weight is 588 g/mol. The van der Waals surface area contributed by atoms with Crippen molar-refractivity contribution < 1.29 is 0 Å². The number of fused-ring (bicyclic) bond motifs is 1. The van der Waals surface area contributed by atoms with Crippen LogP contribution >= 0.6 is 0 Å². The molecule has 6 aromatic carbocycles. The van der Waals surface area contributed by atoms with E-state index in [1.54, 1.807) is 0 Å². The normalized spacial score (nSPS) is 11.0. The Balaban J connectivity index is 1.32. The molecule has 2 aromatic heterocycles. The van der Waals surface area contributed by atoms with Gasteiger partial charge in [0.15, 0.2) is 5.82 Å². The number of hydrogen-bond acceptors (Lipinski definition) is 3. The highest BCUT2D eigenvalue weighted by Crippen LogP contribution is 2.36. The highest BCUT2D eigenvalue weighted by Gasteiger charge is 2.15. The molecule has 0 bridgehead atoms. The molecule has 46 heavy (non-hydrogen) atoms. The van der Waals surface area contributed by atoms with Gasteiger partial charge >= 0.3 is 0 Å². The number of nitrogens with zero attached hydrogens (tertiary/aromatic N) is 3. The third-order valence-corrected chi connectivity index (χ3v) is 8.33. The van der Waals surface area contributed by atoms with E-state index in [0.717, 1.165) is 72.4 Å². The fourth-order valence-corrected chi connectivity index (χ4v) is 5.97. The number of benzene rings is 6. The van der Waals surface area contributed by atoms with Crippen molar-refractivity contribution in [3.05, 3.63) is 176 Å². The molecule has 2 heterocycles. The Morgan fingerprint density at radius 2 is 0.848 bits per heavy atom. The second-order valence-corrected chi connectivity index (χ2v) is 11.3. The topological polar surface area (TPSA) is 38.7 Å². The Hall–Kier alpha value is -6.19. The highest BCUT2D eigenvalue weighted by molar-refractivity contribution is 5.96. The van der Waals surface area contributed by atoms with E-state index in [-0.39, 0.29) is 0 Å². The summed E-state index contributed by atoms with van der Waals surface area (Å²) in [5.74, 6) is 0.695. The van der Waals surface area contributed by atoms with Gasteiger partial charge in [-0.05, 0) is 75.8 Å². The molecule has 0 saturated carbocycles. The van der Waals surface area contributed by atoms with Crippen LogP contribution in [0.5, 0.6) is 0 Å². The van der Waals surface area contributed by atoms with Gasteiger partial charge in [0, 0.05) is 28.3 Å². The predicted octanol–water partition coefficient (Wildman–Crippen LogP) is 11.0. The maximum absolute atomic E-state index is 5.25. The summed E-state index contributed by atoms with van der Waals surface area (Å²) in [6, 6.07) is 59.1. The van der Waals surface area contributed by atoms with Crippen molar-refractivity contribution in [2.45, 2.75) is 0 Å². The smallest absolute Gasteiger partial charge is 0.160 e. The molecule has 0 aliphatic heterocycles. The predicted molar refractivity (Wildman–Crippen MR) is 190 cm³/mol. The average Bonchev–Trinajstić information content (AvgIpc) is 3.15. The van der Waals surface area contributed by atoms with E-state index in [1.807, 2.05) is 42.6 Å². The van der Waals surface area contributed by atoms with Gasteiger partial charge in [-0.15, -0.1) is 0 Å². The standard InChI is InChI=1S/C43H29N3/c1-4-12-30(13-5-1)35-23-24-39-41(29-35)45-43(46-42(39)34-16-8-3-9-17-34)38-27-36(31-14-6-2-7-15-31)26-37(28-38)32-19-21-33(22-20-32)40-18-10-11-25-44-40/h1-29H. The second-order valence-electron chi connectivity index (χ2n) is 11.3. The first-order valence-corrected chi connectivity index (χ1v) is 15.4. The second kappa shape index (κ2) is 12.1. The molecule has 0 amide bonds. The Labute approximate surface area is 268 Å². The largest absolute Gasteiger partial charge is 0.256 e. The summed E-state index contributed by atoms with van der Waals surface area (Å²) in [6.07, 6.45) is 1.83. The molecule has 0 N–H and O–H groups in total. The summed E-state index contributed by atoms with van der Waals surface area (Å²) < 4.78 is 0. The van der Waals surface area contributed by atoms with Crippen molar-refractivity contribution in [1.82, 2.24) is 15.0 Å². The Bertz CT molecular complexity index is 2260. The first-order chi connectivity index (χ1) is 22.8. The van der Waals surface area contributed by atoms with Crippen LogP contribution in [0, 0.1) is 0 Å². The minimum atomic E-state index is 0.695. The Morgan fingerprint density at radius 3 is 1.48 bits per heavy atom. The summed E-state index contributed by atoms with van der Waals surface area (Å²) in [7, 11) is 0. The Kier molecular flexibility index (Phi) is 7.18. The maximum atomic E-state index is 5.25. The van der Waals surface area contributed by atoms with Gasteiger partial charge in [-0.2, -0.15) is 0 Å². The van der Waals surface area contributed by atoms with Crippen LogP contribution in [0.15, 0.2) is 176 Å². The van der Waals surface area contributed by atoms with Crippen LogP contribution < -0.4 is 0 Å². The number of rotatable bonds is 6. The fourth-order valence-electron chi connectivity index (χ4n) is 5.97. The summed E-state index contributed by atoms with van der Waals surface area (Å²) in [5.41, 5.74) is 12.7. The van der Waals surface area contributed by atoms with Crippen molar-refractivity contribution in [2.75, 3.05) is 0 Å². The molecular formula is C43H29N3. The van der Waals surface area contributed by atoms with Crippen molar-refractivity contribution in [1.29, 1.82) is 0 Å². The molecule has 216 valence electrons. The van der Waals surface area contributed by atoms with E-state index in [0.29, 0.717) is 5.82 Å². The van der Waals surface area contributed by atoms with E-state index in [2.05, 4.69) is 138 Å². The summed E-state index contributed by atoms with van der Waals surface area (Å²) >= 11 is 0. The van der Waals surface area contributed by atoms with Crippen LogP contribution in [0.2, 0.25) is 0 Å². The molecule has 0 radical (unpaired) electrons. The third-order valence-electron chi connectivity index (χ3n) is 8.33. The SMILES string of the molecule is c1ccc(-c2cc(-c3ccc(-c4ccccn4)cc3)cc(-c3nc(-c4ccccc4)c4ccc(-c5ccccc5)cc4n3)c2)cc1. The van der Waals surface area contributed by atoms with E-state index in [9.17, 15) is 0 Å². The maximum Gasteiger partial charge on any atom is 0.160 e. The van der Waals surface area contributed by atoms with Crippen molar-refractivity contribution in [2.24, 2.45) is 0 Å². The lowest BCUT2D eigenvalue weighted by Gasteiger charge is -2.14. The molecular weight excluding hydrogens is 558 g/mol. The van der Waals surface area contributed by atoms with Gasteiger partial charge in [-0.1, -0.05) is 127 Å². The zero-order valence-electron chi connectivity index (χ0n) is 25.1. The van der Waals surface area contributed by atoms with Crippen LogP contribution in [-0.2, 0) is 0 Å². The molecule has 0 atom stereocenters. The minimum absolute atomic E-state index is 0.695. The van der Waals surface area contributed by atoms with E-state index in [1.165, 1.54) is 0 Å². The van der Waals surface area contributed by atoms with Crippen LogP contribution in [0.1, 0.15) is 0 Å². The zero-order chi connectivity index (χ0) is 30.7. The number of aromatic nitrogens is 3. The zero-order valence-corrected chi connectivity index (χ0v) is 25.1. The molecule has 0 aliphatic rings. The molecule has 0 fully saturated rings. The molecule has 3 heteroatoms. The van der Waals surface area contributed by atoms with Gasteiger partial charge in [-0.25, -0.2) is 9.97 Å². The number of hydrogen-bond donors (Lipinski definition) is 0. The lowest BCUT2D eigenvalue weighted by atomic mass is 9.94. The monoisotopic (exact) mass is 587 g/mol. The van der Waals surface area contributed by atoms with Gasteiger partial charge in [-0.3, -0.25) is 4.98 Å². The summed E-state index contributed by atoms with van der Waals surface area (Å²) in [6.45, 7) is 0. The Morgan fingerprint density at radius 1 is 0.326 bits per heavy atom. The van der Waals surface area contributed by atoms with Crippen molar-refractivity contribution in [3.63, 3.8) is 0 Å². The summed E-state index contributed by atoms with van der Waals surface area (Å²) in [4.78, 5) is 15.0. The van der Waals surface area contributed by atoms with Crippen LogP contribution in [-0.4, -0.2) is 15.0 Å². The van der Waals surface area contributed by atoms with Gasteiger partial charge in [0.1, 0.15) is 0 Å². The first kappa shape index (κ1) is 27.4. The van der Waals surface area contributed by atoms with Crippen molar-refractivity contribution in [3.8, 4) is 67.3 Å². The minimum Gasteiger partial charge on any atom is -0.256 e. The van der Waals surface area contributed by atoms with Gasteiger partial charge < -0.3 is 0 Å². The fraction of sp³-hybridized carbons (Fsp3) is 0. The molecule has 8 rings (SSSR count). The quantitative estimate of drug-likeness (QED) is 0.194. The van der Waals surface area contributed by atoms with Gasteiger partial charge in [0.05, 0.1) is 16.9 Å². The molecule has 8 aromatic rings. The first-order valence-electron chi connectivity index (χ1n) is 15.4. The lowest BCUT2D eigenvalue weighted by molar-refractivity contribution is 1.23. The van der Waals surface area contributed by atoms with Crippen LogP contribution in [0.3, 0.4) is 0 Å². The molecule has 3 nitrogen and oxygen atoms in total. The van der Waals surface area contributed by atoms with E-state index in [4.69, 9.17) is 9.97 Å². The highest BCUT2D eigenvalue weighted by atomic mass is 14.9. The molecule has 0 unspecified atom stereocenters. The molecule has 0 saturated heterocycles. The molecule has 0 spiro atoms. The van der Waals surface area contributed by atoms with Crippen LogP contribution in [0.4, 0.5) is 0 Å². The number of pyridine rings is 1. The van der Waals surface area contributed by atoms with Gasteiger partial charge in [0.2, 0.25) is 0 Å². The third kappa shape index (κ3) is 5.47.